The minimum atomic E-state index is -0.914. The smallest absolute Gasteiger partial charge is 0.309 e. The molecule has 1 unspecified atom stereocenters. The lowest BCUT2D eigenvalue weighted by molar-refractivity contribution is -0.147. The van der Waals surface area contributed by atoms with Gasteiger partial charge in [0.25, 0.3) is 0 Å². The van der Waals surface area contributed by atoms with Crippen molar-refractivity contribution in [3.8, 4) is 0 Å². The van der Waals surface area contributed by atoms with Gasteiger partial charge in [-0.25, -0.2) is 0 Å². The molecule has 3 rings (SSSR count). The molecule has 0 saturated heterocycles. The molecule has 3 nitrogen and oxygen atoms in total. The Morgan fingerprint density at radius 1 is 0.964 bits per heavy atom. The van der Waals surface area contributed by atoms with Crippen molar-refractivity contribution in [3.63, 3.8) is 0 Å². The molecule has 3 aromatic rings. The summed E-state index contributed by atoms with van der Waals surface area (Å²) in [6.07, 6.45) is 0.687. The Morgan fingerprint density at radius 3 is 2.25 bits per heavy atom. The van der Waals surface area contributed by atoms with Gasteiger partial charge in [-0.3, -0.25) is 9.59 Å². The highest BCUT2D eigenvalue weighted by molar-refractivity contribution is 14.1. The monoisotopic (exact) mass is 486 g/mol. The minimum absolute atomic E-state index is 0.0377. The first kappa shape index (κ1) is 20.5. The van der Waals surface area contributed by atoms with E-state index in [2.05, 4.69) is 28.7 Å². The number of aliphatic carboxylic acids is 1. The van der Waals surface area contributed by atoms with Crippen molar-refractivity contribution in [1.29, 1.82) is 0 Å². The summed E-state index contributed by atoms with van der Waals surface area (Å²) >= 11 is 2.21. The van der Waals surface area contributed by atoms with Gasteiger partial charge in [-0.1, -0.05) is 54.6 Å². The van der Waals surface area contributed by atoms with Gasteiger partial charge in [-0.2, -0.15) is 0 Å². The average molecular weight is 486 g/mol. The fourth-order valence-electron chi connectivity index (χ4n) is 3.45. The van der Waals surface area contributed by atoms with E-state index in [9.17, 15) is 14.7 Å². The second kappa shape index (κ2) is 8.43. The molecule has 28 heavy (non-hydrogen) atoms. The van der Waals surface area contributed by atoms with Crippen molar-refractivity contribution in [3.05, 3.63) is 81.4 Å². The summed E-state index contributed by atoms with van der Waals surface area (Å²) in [5, 5.41) is 11.8. The van der Waals surface area contributed by atoms with Crippen LogP contribution in [0.15, 0.2) is 66.7 Å². The number of hydrogen-bond acceptors (Lipinski definition) is 2. The van der Waals surface area contributed by atoms with Crippen molar-refractivity contribution >= 4 is 45.1 Å². The number of ketones is 1. The van der Waals surface area contributed by atoms with Gasteiger partial charge in [0, 0.05) is 15.6 Å². The molecule has 1 atom stereocenters. The number of carbonyl (C=O) groups is 2. The zero-order chi connectivity index (χ0) is 20.3. The summed E-state index contributed by atoms with van der Waals surface area (Å²) < 4.78 is 1.08. The Morgan fingerprint density at radius 2 is 1.61 bits per heavy atom. The van der Waals surface area contributed by atoms with E-state index in [1.807, 2.05) is 60.7 Å². The molecule has 1 N–H and O–H groups in total. The predicted molar refractivity (Wildman–Crippen MR) is 121 cm³/mol. The molecule has 4 heteroatoms. The van der Waals surface area contributed by atoms with E-state index >= 15 is 0 Å². The Labute approximate surface area is 178 Å². The molecule has 0 aromatic heterocycles. The van der Waals surface area contributed by atoms with Crippen LogP contribution < -0.4 is 0 Å². The molecule has 0 saturated carbocycles. The van der Waals surface area contributed by atoms with Crippen LogP contribution >= 0.6 is 22.6 Å². The number of Topliss-reactive ketones (excluding diaryl/α,β-unsaturated/α-hetero) is 1. The van der Waals surface area contributed by atoms with Gasteiger partial charge in [0.05, 0.1) is 5.41 Å². The molecule has 0 aliphatic rings. The predicted octanol–water partition coefficient (Wildman–Crippen LogP) is 6.30. The second-order valence-corrected chi connectivity index (χ2v) is 9.08. The van der Waals surface area contributed by atoms with Gasteiger partial charge in [0.2, 0.25) is 0 Å². The highest BCUT2D eigenvalue weighted by Crippen LogP contribution is 2.36. The molecule has 0 bridgehead atoms. The van der Waals surface area contributed by atoms with E-state index in [0.29, 0.717) is 12.0 Å². The first-order chi connectivity index (χ1) is 13.3. The maximum Gasteiger partial charge on any atom is 0.309 e. The lowest BCUT2D eigenvalue weighted by Crippen LogP contribution is -2.27. The molecule has 0 spiro atoms. The first-order valence-corrected chi connectivity index (χ1v) is 10.3. The molecule has 0 aliphatic heterocycles. The molecule has 0 amide bonds. The number of benzene rings is 3. The normalized spacial score (nSPS) is 12.7. The standard InChI is InChI=1S/C24H23IO3/c1-24(2,23(27)28)15-20(14-22(26)17-9-11-21(25)12-10-17)19-8-7-16-5-3-4-6-18(16)13-19/h3-13,20H,14-15H2,1-2H3,(H,27,28). The third kappa shape index (κ3) is 4.79. The van der Waals surface area contributed by atoms with Crippen molar-refractivity contribution in [2.45, 2.75) is 32.6 Å². The summed E-state index contributed by atoms with van der Waals surface area (Å²) in [5.41, 5.74) is 0.758. The van der Waals surface area contributed by atoms with E-state index in [-0.39, 0.29) is 18.1 Å². The number of carbonyl (C=O) groups excluding carboxylic acids is 1. The maximum atomic E-state index is 12.9. The van der Waals surface area contributed by atoms with Crippen LogP contribution in [0.5, 0.6) is 0 Å². The first-order valence-electron chi connectivity index (χ1n) is 9.27. The van der Waals surface area contributed by atoms with E-state index < -0.39 is 11.4 Å². The third-order valence-electron chi connectivity index (χ3n) is 5.18. The van der Waals surface area contributed by atoms with Crippen LogP contribution in [0.3, 0.4) is 0 Å². The number of carboxylic acid groups (broad SMARTS) is 1. The number of rotatable bonds is 7. The van der Waals surface area contributed by atoms with Crippen LogP contribution in [0.4, 0.5) is 0 Å². The molecule has 0 heterocycles. The molecule has 3 aromatic carbocycles. The lowest BCUT2D eigenvalue weighted by Gasteiger charge is -2.26. The molecule has 0 fully saturated rings. The Hall–Kier alpha value is -2.21. The summed E-state index contributed by atoms with van der Waals surface area (Å²) in [6, 6.07) is 21.7. The van der Waals surface area contributed by atoms with Gasteiger partial charge in [0.1, 0.15) is 0 Å². The SMILES string of the molecule is CC(C)(CC(CC(=O)c1ccc(I)cc1)c1ccc2ccccc2c1)C(=O)O. The molecular weight excluding hydrogens is 463 g/mol. The van der Waals surface area contributed by atoms with E-state index in [1.165, 1.54) is 0 Å². The van der Waals surface area contributed by atoms with Gasteiger partial charge in [-0.15, -0.1) is 0 Å². The number of carboxylic acids is 1. The van der Waals surface area contributed by atoms with Crippen LogP contribution in [0.25, 0.3) is 10.8 Å². The Kier molecular flexibility index (Phi) is 6.18. The maximum absolute atomic E-state index is 12.9. The second-order valence-electron chi connectivity index (χ2n) is 7.83. The molecular formula is C24H23IO3. The third-order valence-corrected chi connectivity index (χ3v) is 5.90. The fourth-order valence-corrected chi connectivity index (χ4v) is 3.81. The zero-order valence-corrected chi connectivity index (χ0v) is 18.1. The quantitative estimate of drug-likeness (QED) is 0.315. The summed E-state index contributed by atoms with van der Waals surface area (Å²) in [7, 11) is 0. The number of fused-ring (bicyclic) bond motifs is 1. The van der Waals surface area contributed by atoms with Crippen molar-refractivity contribution in [1.82, 2.24) is 0 Å². The largest absolute Gasteiger partial charge is 0.481 e. The van der Waals surface area contributed by atoms with Crippen molar-refractivity contribution in [2.24, 2.45) is 5.41 Å². The van der Waals surface area contributed by atoms with Crippen molar-refractivity contribution < 1.29 is 14.7 Å². The van der Waals surface area contributed by atoms with Crippen LogP contribution in [-0.2, 0) is 4.79 Å². The van der Waals surface area contributed by atoms with E-state index in [0.717, 1.165) is 19.9 Å². The molecule has 144 valence electrons. The minimum Gasteiger partial charge on any atom is -0.481 e. The van der Waals surface area contributed by atoms with E-state index in [4.69, 9.17) is 0 Å². The molecule has 0 aliphatic carbocycles. The highest BCUT2D eigenvalue weighted by atomic mass is 127. The summed E-state index contributed by atoms with van der Waals surface area (Å²) in [6.45, 7) is 3.44. The highest BCUT2D eigenvalue weighted by Gasteiger charge is 2.32. The van der Waals surface area contributed by atoms with E-state index in [1.54, 1.807) is 13.8 Å². The van der Waals surface area contributed by atoms with Gasteiger partial charge in [-0.05, 0) is 77.2 Å². The average Bonchev–Trinajstić information content (AvgIpc) is 2.67. The lowest BCUT2D eigenvalue weighted by atomic mass is 9.77. The fraction of sp³-hybridized carbons (Fsp3) is 0.250. The van der Waals surface area contributed by atoms with Crippen molar-refractivity contribution in [2.75, 3.05) is 0 Å². The zero-order valence-electron chi connectivity index (χ0n) is 16.0. The van der Waals surface area contributed by atoms with Crippen LogP contribution in [0.2, 0.25) is 0 Å². The number of halogens is 1. The Bertz CT molecular complexity index is 1010. The Balaban J connectivity index is 1.94. The van der Waals surface area contributed by atoms with Gasteiger partial charge in [0.15, 0.2) is 5.78 Å². The van der Waals surface area contributed by atoms with Crippen LogP contribution in [0, 0.1) is 8.99 Å². The van der Waals surface area contributed by atoms with Gasteiger partial charge >= 0.3 is 5.97 Å². The molecule has 0 radical (unpaired) electrons. The summed E-state index contributed by atoms with van der Waals surface area (Å²) in [4.78, 5) is 24.6. The van der Waals surface area contributed by atoms with Crippen LogP contribution in [0.1, 0.15) is 48.5 Å². The number of hydrogen-bond donors (Lipinski definition) is 1. The summed E-state index contributed by atoms with van der Waals surface area (Å²) in [5.74, 6) is -0.974. The van der Waals surface area contributed by atoms with Gasteiger partial charge < -0.3 is 5.11 Å². The van der Waals surface area contributed by atoms with Crippen LogP contribution in [-0.4, -0.2) is 16.9 Å². The topological polar surface area (TPSA) is 54.4 Å².